The van der Waals surface area contributed by atoms with Crippen molar-refractivity contribution in [3.05, 3.63) is 29.8 Å². The lowest BCUT2D eigenvalue weighted by atomic mass is 9.78. The van der Waals surface area contributed by atoms with Crippen molar-refractivity contribution in [2.75, 3.05) is 20.8 Å². The molecule has 2 amide bonds. The van der Waals surface area contributed by atoms with Crippen LogP contribution in [0, 0.1) is 11.8 Å². The Bertz CT molecular complexity index is 732. The minimum Gasteiger partial charge on any atom is -0.497 e. The van der Waals surface area contributed by atoms with Gasteiger partial charge < -0.3 is 9.47 Å². The van der Waals surface area contributed by atoms with Crippen molar-refractivity contribution in [2.24, 2.45) is 11.8 Å². The standard InChI is InChI=1S/C19H24N2O5/c1-5-19(18(24)26-6-2)14-13(16(22)21(3)17(14)23)15(20-19)11-7-9-12(25-4)10-8-11/h7-10,13-15,20H,5-6H2,1-4H3/t13-,14+,15-,19-/m0/s1. The van der Waals surface area contributed by atoms with E-state index in [1.165, 1.54) is 7.05 Å². The number of carbonyl (C=O) groups is 3. The third-order valence-electron chi connectivity index (χ3n) is 5.55. The van der Waals surface area contributed by atoms with Gasteiger partial charge in [0, 0.05) is 13.1 Å². The maximum absolute atomic E-state index is 12.8. The van der Waals surface area contributed by atoms with Gasteiger partial charge in [0.1, 0.15) is 11.3 Å². The number of rotatable bonds is 5. The van der Waals surface area contributed by atoms with Crippen LogP contribution in [0.25, 0.3) is 0 Å². The van der Waals surface area contributed by atoms with Gasteiger partial charge in [-0.05, 0) is 31.0 Å². The van der Waals surface area contributed by atoms with E-state index in [1.54, 1.807) is 26.2 Å². The Labute approximate surface area is 152 Å². The lowest BCUT2D eigenvalue weighted by Gasteiger charge is -2.31. The second-order valence-corrected chi connectivity index (χ2v) is 6.68. The minimum atomic E-state index is -1.21. The fourth-order valence-corrected chi connectivity index (χ4v) is 4.16. The quantitative estimate of drug-likeness (QED) is 0.629. The smallest absolute Gasteiger partial charge is 0.327 e. The zero-order valence-electron chi connectivity index (χ0n) is 15.4. The number of hydrogen-bond donors (Lipinski definition) is 1. The molecule has 2 aliphatic heterocycles. The maximum atomic E-state index is 12.8. The first-order valence-corrected chi connectivity index (χ1v) is 8.81. The van der Waals surface area contributed by atoms with Gasteiger partial charge in [0.15, 0.2) is 0 Å². The lowest BCUT2D eigenvalue weighted by molar-refractivity contribution is -0.156. The van der Waals surface area contributed by atoms with Crippen LogP contribution in [0.1, 0.15) is 31.9 Å². The van der Waals surface area contributed by atoms with Crippen molar-refractivity contribution in [1.82, 2.24) is 10.2 Å². The van der Waals surface area contributed by atoms with Crippen LogP contribution in [0.4, 0.5) is 0 Å². The first-order chi connectivity index (χ1) is 12.4. The van der Waals surface area contributed by atoms with Gasteiger partial charge in [-0.3, -0.25) is 24.6 Å². The van der Waals surface area contributed by atoms with E-state index < -0.39 is 29.4 Å². The number of hydrogen-bond acceptors (Lipinski definition) is 6. The first kappa shape index (κ1) is 18.4. The summed E-state index contributed by atoms with van der Waals surface area (Å²) in [7, 11) is 3.05. The highest BCUT2D eigenvalue weighted by atomic mass is 16.5. The molecule has 0 bridgehead atoms. The number of benzene rings is 1. The Hall–Kier alpha value is -2.41. The van der Waals surface area contributed by atoms with Crippen LogP contribution in [0.5, 0.6) is 5.75 Å². The van der Waals surface area contributed by atoms with E-state index in [2.05, 4.69) is 5.32 Å². The lowest BCUT2D eigenvalue weighted by Crippen LogP contribution is -2.55. The molecular formula is C19H24N2O5. The first-order valence-electron chi connectivity index (χ1n) is 8.81. The molecule has 0 saturated carbocycles. The second kappa shape index (κ2) is 6.72. The van der Waals surface area contributed by atoms with Crippen molar-refractivity contribution in [3.8, 4) is 5.75 Å². The number of methoxy groups -OCH3 is 1. The van der Waals surface area contributed by atoms with Gasteiger partial charge in [0.2, 0.25) is 11.8 Å². The van der Waals surface area contributed by atoms with E-state index in [1.807, 2.05) is 19.1 Å². The van der Waals surface area contributed by atoms with Crippen molar-refractivity contribution in [2.45, 2.75) is 31.8 Å². The number of amides is 2. The van der Waals surface area contributed by atoms with Crippen molar-refractivity contribution in [1.29, 1.82) is 0 Å². The van der Waals surface area contributed by atoms with E-state index in [-0.39, 0.29) is 18.4 Å². The molecule has 0 unspecified atom stereocenters. The number of fused-ring (bicyclic) bond motifs is 1. The molecule has 2 saturated heterocycles. The summed E-state index contributed by atoms with van der Waals surface area (Å²) >= 11 is 0. The van der Waals surface area contributed by atoms with Gasteiger partial charge in [-0.1, -0.05) is 19.1 Å². The summed E-state index contributed by atoms with van der Waals surface area (Å²) in [6, 6.07) is 6.85. The summed E-state index contributed by atoms with van der Waals surface area (Å²) < 4.78 is 10.4. The number of nitrogens with one attached hydrogen (secondary N) is 1. The molecular weight excluding hydrogens is 336 g/mol. The van der Waals surface area contributed by atoms with E-state index in [0.29, 0.717) is 12.2 Å². The van der Waals surface area contributed by atoms with Crippen LogP contribution in [-0.2, 0) is 19.1 Å². The number of ether oxygens (including phenoxy) is 2. The highest BCUT2D eigenvalue weighted by Crippen LogP contribution is 2.50. The molecule has 0 radical (unpaired) electrons. The van der Waals surface area contributed by atoms with Gasteiger partial charge in [-0.15, -0.1) is 0 Å². The molecule has 7 nitrogen and oxygen atoms in total. The van der Waals surface area contributed by atoms with E-state index in [0.717, 1.165) is 10.5 Å². The number of esters is 1. The molecule has 140 valence electrons. The zero-order chi connectivity index (χ0) is 19.1. The fraction of sp³-hybridized carbons (Fsp3) is 0.526. The summed E-state index contributed by atoms with van der Waals surface area (Å²) in [5, 5.41) is 3.29. The van der Waals surface area contributed by atoms with Crippen LogP contribution in [0.15, 0.2) is 24.3 Å². The Morgan fingerprint density at radius 2 is 1.85 bits per heavy atom. The normalized spacial score (nSPS) is 30.5. The van der Waals surface area contributed by atoms with Gasteiger partial charge in [-0.2, -0.15) is 0 Å². The van der Waals surface area contributed by atoms with E-state index >= 15 is 0 Å². The number of imide groups is 1. The summed E-state index contributed by atoms with van der Waals surface area (Å²) in [6.07, 6.45) is 0.354. The molecule has 2 aliphatic rings. The Kier molecular flexibility index (Phi) is 4.75. The molecule has 7 heteroatoms. The molecule has 26 heavy (non-hydrogen) atoms. The summed E-state index contributed by atoms with van der Waals surface area (Å²) in [4.78, 5) is 39.5. The van der Waals surface area contributed by atoms with Crippen LogP contribution in [0.2, 0.25) is 0 Å². The highest BCUT2D eigenvalue weighted by molar-refractivity contribution is 6.09. The minimum absolute atomic E-state index is 0.213. The third kappa shape index (κ3) is 2.49. The molecule has 2 fully saturated rings. The SMILES string of the molecule is CCOC(=O)[C@@]1(CC)N[C@@H](c2ccc(OC)cc2)[C@H]2C(=O)N(C)C(=O)[C@@H]21. The molecule has 2 heterocycles. The molecule has 4 atom stereocenters. The van der Waals surface area contributed by atoms with E-state index in [9.17, 15) is 14.4 Å². The predicted octanol–water partition coefficient (Wildman–Crippen LogP) is 1.28. The second-order valence-electron chi connectivity index (χ2n) is 6.68. The van der Waals surface area contributed by atoms with Crippen LogP contribution in [0.3, 0.4) is 0 Å². The molecule has 0 spiro atoms. The molecule has 0 aromatic heterocycles. The van der Waals surface area contributed by atoms with E-state index in [4.69, 9.17) is 9.47 Å². The molecule has 3 rings (SSSR count). The average Bonchev–Trinajstić information content (AvgIpc) is 3.12. The number of carbonyl (C=O) groups excluding carboxylic acids is 3. The molecule has 1 N–H and O–H groups in total. The van der Waals surface area contributed by atoms with Crippen molar-refractivity contribution in [3.63, 3.8) is 0 Å². The van der Waals surface area contributed by atoms with Gasteiger partial charge in [-0.25, -0.2) is 0 Å². The molecule has 1 aromatic carbocycles. The van der Waals surface area contributed by atoms with Gasteiger partial charge in [0.25, 0.3) is 0 Å². The molecule has 1 aromatic rings. The summed E-state index contributed by atoms with van der Waals surface area (Å²) in [5.74, 6) is -1.79. The topological polar surface area (TPSA) is 84.9 Å². The summed E-state index contributed by atoms with van der Waals surface area (Å²) in [5.41, 5.74) is -0.375. The number of likely N-dealkylation sites (tertiary alicyclic amines) is 1. The monoisotopic (exact) mass is 360 g/mol. The molecule has 0 aliphatic carbocycles. The van der Waals surface area contributed by atoms with Gasteiger partial charge >= 0.3 is 5.97 Å². The van der Waals surface area contributed by atoms with Crippen LogP contribution < -0.4 is 10.1 Å². The van der Waals surface area contributed by atoms with Crippen molar-refractivity contribution >= 4 is 17.8 Å². The fourth-order valence-electron chi connectivity index (χ4n) is 4.16. The summed E-state index contributed by atoms with van der Waals surface area (Å²) in [6.45, 7) is 3.76. The Morgan fingerprint density at radius 3 is 2.38 bits per heavy atom. The van der Waals surface area contributed by atoms with Crippen LogP contribution in [-0.4, -0.2) is 49.0 Å². The Morgan fingerprint density at radius 1 is 1.19 bits per heavy atom. The van der Waals surface area contributed by atoms with Crippen LogP contribution >= 0.6 is 0 Å². The Balaban J connectivity index is 2.07. The highest BCUT2D eigenvalue weighted by Gasteiger charge is 2.67. The maximum Gasteiger partial charge on any atom is 0.327 e. The zero-order valence-corrected chi connectivity index (χ0v) is 15.4. The average molecular weight is 360 g/mol. The van der Waals surface area contributed by atoms with Crippen molar-refractivity contribution < 1.29 is 23.9 Å². The van der Waals surface area contributed by atoms with Gasteiger partial charge in [0.05, 0.1) is 25.6 Å². The largest absolute Gasteiger partial charge is 0.497 e. The number of nitrogens with zero attached hydrogens (tertiary/aromatic N) is 1. The predicted molar refractivity (Wildman–Crippen MR) is 93.3 cm³/mol. The third-order valence-corrected chi connectivity index (χ3v) is 5.55.